The molecule has 1 amide bonds. The van der Waals surface area contributed by atoms with Crippen LogP contribution in [0.2, 0.25) is 0 Å². The first-order valence-corrected chi connectivity index (χ1v) is 8.65. The molecule has 0 spiro atoms. The minimum atomic E-state index is -4.66. The van der Waals surface area contributed by atoms with Crippen LogP contribution in [0.1, 0.15) is 16.1 Å². The van der Waals surface area contributed by atoms with Gasteiger partial charge in [-0.3, -0.25) is 9.78 Å². The Labute approximate surface area is 168 Å². The molecule has 0 saturated heterocycles. The summed E-state index contributed by atoms with van der Waals surface area (Å²) in [6, 6.07) is 13.4. The van der Waals surface area contributed by atoms with Crippen molar-refractivity contribution in [2.24, 2.45) is 5.73 Å². The lowest BCUT2D eigenvalue weighted by Gasteiger charge is -2.10. The zero-order chi connectivity index (χ0) is 21.3. The molecule has 30 heavy (non-hydrogen) atoms. The molecule has 0 saturated carbocycles. The zero-order valence-corrected chi connectivity index (χ0v) is 15.2. The largest absolute Gasteiger partial charge is 0.433 e. The summed E-state index contributed by atoms with van der Waals surface area (Å²) in [5, 5.41) is 11.9. The van der Waals surface area contributed by atoms with Gasteiger partial charge in [-0.15, -0.1) is 10.2 Å². The molecule has 2 N–H and O–H groups in total. The average Bonchev–Trinajstić information content (AvgIpc) is 3.21. The van der Waals surface area contributed by atoms with Crippen LogP contribution >= 0.6 is 0 Å². The molecule has 1 aromatic carbocycles. The Morgan fingerprint density at radius 3 is 2.40 bits per heavy atom. The Morgan fingerprint density at radius 2 is 1.77 bits per heavy atom. The number of amides is 1. The monoisotopic (exact) mass is 410 g/mol. The number of nitrogens with two attached hydrogens (primary N) is 1. The minimum Gasteiger partial charge on any atom is -0.366 e. The summed E-state index contributed by atoms with van der Waals surface area (Å²) in [5.41, 5.74) is 5.85. The van der Waals surface area contributed by atoms with Crippen molar-refractivity contribution in [2.75, 3.05) is 0 Å². The van der Waals surface area contributed by atoms with Crippen LogP contribution in [0.4, 0.5) is 13.2 Å². The molecular formula is C20H13F3N6O. The molecular weight excluding hydrogens is 397 g/mol. The minimum absolute atomic E-state index is 0.0976. The third kappa shape index (κ3) is 3.62. The number of hydrogen-bond acceptors (Lipinski definition) is 5. The first kappa shape index (κ1) is 19.2. The summed E-state index contributed by atoms with van der Waals surface area (Å²) in [4.78, 5) is 15.5. The maximum Gasteiger partial charge on any atom is 0.433 e. The predicted molar refractivity (Wildman–Crippen MR) is 101 cm³/mol. The summed E-state index contributed by atoms with van der Waals surface area (Å²) in [6.07, 6.45) is -1.73. The predicted octanol–water partition coefficient (Wildman–Crippen LogP) is 3.51. The highest BCUT2D eigenvalue weighted by Gasteiger charge is 2.37. The Balaban J connectivity index is 1.78. The van der Waals surface area contributed by atoms with Gasteiger partial charge in [0.05, 0.1) is 11.4 Å². The summed E-state index contributed by atoms with van der Waals surface area (Å²) < 4.78 is 41.4. The van der Waals surface area contributed by atoms with E-state index in [9.17, 15) is 18.0 Å². The van der Waals surface area contributed by atoms with E-state index in [1.54, 1.807) is 30.3 Å². The lowest BCUT2D eigenvalue weighted by atomic mass is 10.0. The second-order valence-corrected chi connectivity index (χ2v) is 6.25. The lowest BCUT2D eigenvalue weighted by Crippen LogP contribution is -2.15. The van der Waals surface area contributed by atoms with Gasteiger partial charge >= 0.3 is 6.18 Å². The topological polar surface area (TPSA) is 99.6 Å². The first-order chi connectivity index (χ1) is 14.3. The molecule has 150 valence electrons. The Bertz CT molecular complexity index is 1200. The van der Waals surface area contributed by atoms with E-state index < -0.39 is 17.8 Å². The van der Waals surface area contributed by atoms with Gasteiger partial charge < -0.3 is 5.73 Å². The van der Waals surface area contributed by atoms with Crippen molar-refractivity contribution in [1.82, 2.24) is 25.0 Å². The van der Waals surface area contributed by atoms with Crippen LogP contribution in [0, 0.1) is 0 Å². The van der Waals surface area contributed by atoms with Crippen LogP contribution in [0.3, 0.4) is 0 Å². The number of pyridine rings is 1. The average molecular weight is 410 g/mol. The number of alkyl halides is 3. The smallest absolute Gasteiger partial charge is 0.366 e. The van der Waals surface area contributed by atoms with E-state index in [1.165, 1.54) is 30.6 Å². The van der Waals surface area contributed by atoms with E-state index in [2.05, 4.69) is 20.3 Å². The fraction of sp³-hybridized carbons (Fsp3) is 0.0500. The maximum atomic E-state index is 13.6. The Kier molecular flexibility index (Phi) is 4.74. The fourth-order valence-corrected chi connectivity index (χ4v) is 2.92. The number of nitrogens with zero attached hydrogens (tertiary/aromatic N) is 5. The molecule has 4 rings (SSSR count). The summed E-state index contributed by atoms with van der Waals surface area (Å²) >= 11 is 0. The molecule has 0 aliphatic carbocycles. The number of rotatable bonds is 4. The van der Waals surface area contributed by atoms with Gasteiger partial charge in [-0.25, -0.2) is 4.68 Å². The Morgan fingerprint density at radius 1 is 0.967 bits per heavy atom. The van der Waals surface area contributed by atoms with Crippen LogP contribution in [0.5, 0.6) is 0 Å². The highest BCUT2D eigenvalue weighted by atomic mass is 19.4. The van der Waals surface area contributed by atoms with Crippen molar-refractivity contribution >= 4 is 5.91 Å². The number of benzene rings is 1. The highest BCUT2D eigenvalue weighted by Crippen LogP contribution is 2.33. The molecule has 0 radical (unpaired) electrons. The number of carbonyl (C=O) groups is 1. The van der Waals surface area contributed by atoms with Gasteiger partial charge in [-0.1, -0.05) is 18.2 Å². The number of halogens is 3. The van der Waals surface area contributed by atoms with Crippen molar-refractivity contribution in [3.05, 3.63) is 78.2 Å². The lowest BCUT2D eigenvalue weighted by molar-refractivity contribution is -0.142. The first-order valence-electron chi connectivity index (χ1n) is 8.65. The number of primary amides is 1. The van der Waals surface area contributed by atoms with Gasteiger partial charge in [0.25, 0.3) is 0 Å². The molecule has 7 nitrogen and oxygen atoms in total. The molecule has 0 fully saturated rings. The van der Waals surface area contributed by atoms with Crippen LogP contribution in [0.15, 0.2) is 67.0 Å². The highest BCUT2D eigenvalue weighted by molar-refractivity contribution is 5.99. The van der Waals surface area contributed by atoms with Crippen molar-refractivity contribution in [2.45, 2.75) is 6.18 Å². The molecule has 0 bridgehead atoms. The molecule has 10 heteroatoms. The molecule has 3 aromatic heterocycles. The van der Waals surface area contributed by atoms with Crippen molar-refractivity contribution in [1.29, 1.82) is 0 Å². The molecule has 4 aromatic rings. The van der Waals surface area contributed by atoms with Gasteiger partial charge in [0.15, 0.2) is 11.5 Å². The molecule has 0 aliphatic heterocycles. The second-order valence-electron chi connectivity index (χ2n) is 6.25. The van der Waals surface area contributed by atoms with Crippen LogP contribution in [-0.4, -0.2) is 30.9 Å². The van der Waals surface area contributed by atoms with Crippen molar-refractivity contribution in [3.8, 4) is 28.3 Å². The van der Waals surface area contributed by atoms with Crippen molar-refractivity contribution < 1.29 is 18.0 Å². The van der Waals surface area contributed by atoms with E-state index in [-0.39, 0.29) is 17.1 Å². The zero-order valence-electron chi connectivity index (χ0n) is 15.2. The normalized spacial score (nSPS) is 11.4. The van der Waals surface area contributed by atoms with E-state index in [0.29, 0.717) is 21.5 Å². The quantitative estimate of drug-likeness (QED) is 0.555. The van der Waals surface area contributed by atoms with Gasteiger partial charge in [-0.05, 0) is 36.4 Å². The van der Waals surface area contributed by atoms with Gasteiger partial charge in [0.2, 0.25) is 5.91 Å². The van der Waals surface area contributed by atoms with Gasteiger partial charge in [0.1, 0.15) is 0 Å². The van der Waals surface area contributed by atoms with Gasteiger partial charge in [-0.2, -0.15) is 18.3 Å². The summed E-state index contributed by atoms with van der Waals surface area (Å²) in [7, 11) is 0. The van der Waals surface area contributed by atoms with E-state index in [4.69, 9.17) is 5.73 Å². The summed E-state index contributed by atoms with van der Waals surface area (Å²) in [5.74, 6) is -0.776. The standard InChI is InChI=1S/C20H13F3N6O/c21-20(22,23)17-10-16(12-4-3-9-25-11-12)28-29(17)18-8-7-15(26-27-18)13-5-1-2-6-14(13)19(24)30/h1-11H,(H2,24,30). The van der Waals surface area contributed by atoms with E-state index in [1.807, 2.05) is 0 Å². The fourth-order valence-electron chi connectivity index (χ4n) is 2.92. The molecule has 3 heterocycles. The third-order valence-corrected chi connectivity index (χ3v) is 4.29. The van der Waals surface area contributed by atoms with Crippen molar-refractivity contribution in [3.63, 3.8) is 0 Å². The van der Waals surface area contributed by atoms with Crippen LogP contribution in [0.25, 0.3) is 28.3 Å². The molecule has 0 atom stereocenters. The molecule has 0 unspecified atom stereocenters. The number of aromatic nitrogens is 5. The molecule has 0 aliphatic rings. The SMILES string of the molecule is NC(=O)c1ccccc1-c1ccc(-n2nc(-c3cccnc3)cc2C(F)(F)F)nn1. The van der Waals surface area contributed by atoms with E-state index in [0.717, 1.165) is 6.07 Å². The second kappa shape index (κ2) is 7.39. The van der Waals surface area contributed by atoms with Crippen LogP contribution in [-0.2, 0) is 6.18 Å². The van der Waals surface area contributed by atoms with E-state index >= 15 is 0 Å². The summed E-state index contributed by atoms with van der Waals surface area (Å²) in [6.45, 7) is 0. The number of carbonyl (C=O) groups excluding carboxylic acids is 1. The maximum absolute atomic E-state index is 13.6. The van der Waals surface area contributed by atoms with Gasteiger partial charge in [0, 0.05) is 29.1 Å². The van der Waals surface area contributed by atoms with Crippen LogP contribution < -0.4 is 5.73 Å². The number of hydrogen-bond donors (Lipinski definition) is 1. The third-order valence-electron chi connectivity index (χ3n) is 4.29. The Hall–Kier alpha value is -4.08.